The Morgan fingerprint density at radius 1 is 0.857 bits per heavy atom. The molecule has 2 heterocycles. The van der Waals surface area contributed by atoms with Crippen LogP contribution in [0.25, 0.3) is 0 Å². The number of primary amides is 2. The molecule has 2 aromatic heterocycles. The first-order valence-electron chi connectivity index (χ1n) is 8.31. The van der Waals surface area contributed by atoms with E-state index in [4.69, 9.17) is 20.3 Å². The molecule has 3 rings (SSSR count). The maximum Gasteiger partial charge on any atom is 0.258 e. The van der Waals surface area contributed by atoms with Crippen LogP contribution in [0, 0.1) is 11.8 Å². The minimum Gasteiger partial charge on any atom is -0.466 e. The van der Waals surface area contributed by atoms with E-state index in [0.717, 1.165) is 0 Å². The number of carbonyl (C=O) groups is 4. The molecule has 0 saturated heterocycles. The molecule has 4 unspecified atom stereocenters. The largest absolute Gasteiger partial charge is 0.466 e. The van der Waals surface area contributed by atoms with Gasteiger partial charge in [-0.2, -0.15) is 0 Å². The van der Waals surface area contributed by atoms with Gasteiger partial charge >= 0.3 is 0 Å². The Morgan fingerprint density at radius 2 is 1.21 bits per heavy atom. The summed E-state index contributed by atoms with van der Waals surface area (Å²) in [6, 6.07) is 5.25. The second kappa shape index (κ2) is 6.73. The van der Waals surface area contributed by atoms with Gasteiger partial charge in [0.2, 0.25) is 11.2 Å². The average molecular weight is 390 g/mol. The van der Waals surface area contributed by atoms with Crippen molar-refractivity contribution in [3.63, 3.8) is 0 Å². The van der Waals surface area contributed by atoms with Gasteiger partial charge in [-0.05, 0) is 24.3 Å². The number of Topliss-reactive ketones (excluding diaryl/α,β-unsaturated/α-hetero) is 2. The summed E-state index contributed by atoms with van der Waals surface area (Å²) in [7, 11) is 0. The normalized spacial score (nSPS) is 24.4. The maximum absolute atomic E-state index is 12.8. The van der Waals surface area contributed by atoms with E-state index in [1.54, 1.807) is 0 Å². The summed E-state index contributed by atoms with van der Waals surface area (Å²) in [5, 5.41) is 21.7. The van der Waals surface area contributed by atoms with Gasteiger partial charge in [0.1, 0.15) is 23.1 Å². The van der Waals surface area contributed by atoms with E-state index in [1.807, 2.05) is 0 Å². The molecule has 2 aromatic rings. The standard InChI is InChI=1S/C18H18N2O8/c19-15(23)17(25,13-3-1-5-27-13)9-7-12(22)10(8-11(9)21)18(26,16(20)24)14-4-2-6-28-14/h1-6,9-10,25-26H,7-8H2,(H2,19,23)(H2,20,24). The number of furan rings is 2. The molecule has 0 aromatic carbocycles. The first kappa shape index (κ1) is 19.5. The summed E-state index contributed by atoms with van der Waals surface area (Å²) in [4.78, 5) is 49.5. The van der Waals surface area contributed by atoms with E-state index < -0.39 is 59.3 Å². The zero-order chi connectivity index (χ0) is 20.7. The summed E-state index contributed by atoms with van der Waals surface area (Å²) in [6.07, 6.45) is 1.01. The quantitative estimate of drug-likeness (QED) is 0.487. The second-order valence-electron chi connectivity index (χ2n) is 6.66. The van der Waals surface area contributed by atoms with E-state index in [0.29, 0.717) is 0 Å². The number of nitrogens with two attached hydrogens (primary N) is 2. The van der Waals surface area contributed by atoms with Crippen molar-refractivity contribution in [2.24, 2.45) is 23.3 Å². The Labute approximate surface area is 158 Å². The van der Waals surface area contributed by atoms with Crippen molar-refractivity contribution < 1.29 is 38.2 Å². The fourth-order valence-electron chi connectivity index (χ4n) is 3.60. The van der Waals surface area contributed by atoms with Crippen LogP contribution in [0.4, 0.5) is 0 Å². The van der Waals surface area contributed by atoms with Crippen LogP contribution in [0.15, 0.2) is 45.6 Å². The minimum atomic E-state index is -2.56. The third kappa shape index (κ3) is 2.74. The molecule has 0 spiro atoms. The van der Waals surface area contributed by atoms with Crippen LogP contribution >= 0.6 is 0 Å². The molecule has 4 atom stereocenters. The van der Waals surface area contributed by atoms with Gasteiger partial charge in [-0.3, -0.25) is 19.2 Å². The van der Waals surface area contributed by atoms with Gasteiger partial charge < -0.3 is 30.5 Å². The predicted octanol–water partition coefficient (Wildman–Crippen LogP) is -0.917. The zero-order valence-electron chi connectivity index (χ0n) is 14.5. The Kier molecular flexibility index (Phi) is 4.69. The third-order valence-corrected chi connectivity index (χ3v) is 5.14. The zero-order valence-corrected chi connectivity index (χ0v) is 14.5. The number of hydrogen-bond acceptors (Lipinski definition) is 8. The van der Waals surface area contributed by atoms with Crippen LogP contribution in [0.3, 0.4) is 0 Å². The van der Waals surface area contributed by atoms with E-state index in [2.05, 4.69) is 0 Å². The Morgan fingerprint density at radius 3 is 1.46 bits per heavy atom. The average Bonchev–Trinajstić information content (AvgIpc) is 3.35. The van der Waals surface area contributed by atoms with Crippen LogP contribution < -0.4 is 11.5 Å². The summed E-state index contributed by atoms with van der Waals surface area (Å²) in [5.41, 5.74) is 5.47. The molecule has 0 radical (unpaired) electrons. The topological polar surface area (TPSA) is 187 Å². The van der Waals surface area contributed by atoms with Crippen molar-refractivity contribution in [1.29, 1.82) is 0 Å². The predicted molar refractivity (Wildman–Crippen MR) is 89.8 cm³/mol. The molecule has 1 aliphatic rings. The Balaban J connectivity index is 1.99. The molecule has 1 aliphatic carbocycles. The van der Waals surface area contributed by atoms with Gasteiger partial charge in [-0.25, -0.2) is 0 Å². The summed E-state index contributed by atoms with van der Waals surface area (Å²) in [6.45, 7) is 0. The van der Waals surface area contributed by atoms with Gasteiger partial charge in [0.25, 0.3) is 11.8 Å². The number of rotatable bonds is 6. The molecule has 0 aliphatic heterocycles. The van der Waals surface area contributed by atoms with Crippen molar-refractivity contribution in [2.45, 2.75) is 24.0 Å². The molecule has 1 saturated carbocycles. The lowest BCUT2D eigenvalue weighted by atomic mass is 9.66. The van der Waals surface area contributed by atoms with Crippen molar-refractivity contribution in [3.8, 4) is 0 Å². The van der Waals surface area contributed by atoms with Crippen molar-refractivity contribution in [3.05, 3.63) is 48.3 Å². The molecule has 148 valence electrons. The highest BCUT2D eigenvalue weighted by atomic mass is 16.4. The lowest BCUT2D eigenvalue weighted by Crippen LogP contribution is -2.57. The van der Waals surface area contributed by atoms with E-state index in [-0.39, 0.29) is 11.5 Å². The molecule has 10 heteroatoms. The lowest BCUT2D eigenvalue weighted by molar-refractivity contribution is -0.169. The second-order valence-corrected chi connectivity index (χ2v) is 6.66. The van der Waals surface area contributed by atoms with Crippen molar-refractivity contribution >= 4 is 23.4 Å². The SMILES string of the molecule is NC(=O)C(O)(c1ccco1)C1CC(=O)C(C(O)(C(N)=O)c2ccco2)CC1=O. The summed E-state index contributed by atoms with van der Waals surface area (Å²) >= 11 is 0. The number of aliphatic hydroxyl groups is 2. The van der Waals surface area contributed by atoms with Gasteiger partial charge in [0.15, 0.2) is 0 Å². The molecule has 0 bridgehead atoms. The van der Waals surface area contributed by atoms with Gasteiger partial charge in [0, 0.05) is 12.8 Å². The molecular weight excluding hydrogens is 372 g/mol. The van der Waals surface area contributed by atoms with E-state index in [1.165, 1.54) is 36.8 Å². The van der Waals surface area contributed by atoms with Crippen LogP contribution in [-0.4, -0.2) is 33.6 Å². The van der Waals surface area contributed by atoms with Crippen LogP contribution in [-0.2, 0) is 30.4 Å². The fourth-order valence-corrected chi connectivity index (χ4v) is 3.60. The molecule has 28 heavy (non-hydrogen) atoms. The van der Waals surface area contributed by atoms with Gasteiger partial charge in [-0.15, -0.1) is 0 Å². The van der Waals surface area contributed by atoms with E-state index >= 15 is 0 Å². The molecule has 6 N–H and O–H groups in total. The third-order valence-electron chi connectivity index (χ3n) is 5.14. The van der Waals surface area contributed by atoms with Crippen molar-refractivity contribution in [1.82, 2.24) is 0 Å². The first-order chi connectivity index (χ1) is 13.1. The number of carbonyl (C=O) groups excluding carboxylic acids is 4. The van der Waals surface area contributed by atoms with Crippen LogP contribution in [0.2, 0.25) is 0 Å². The highest BCUT2D eigenvalue weighted by molar-refractivity contribution is 6.04. The van der Waals surface area contributed by atoms with Gasteiger partial charge in [-0.1, -0.05) is 0 Å². The van der Waals surface area contributed by atoms with Gasteiger partial charge in [0.05, 0.1) is 24.4 Å². The first-order valence-corrected chi connectivity index (χ1v) is 8.31. The minimum absolute atomic E-state index is 0.291. The number of ketones is 2. The maximum atomic E-state index is 12.8. The molecule has 1 fully saturated rings. The summed E-state index contributed by atoms with van der Waals surface area (Å²) < 4.78 is 10.1. The Hall–Kier alpha value is -3.24. The Bertz CT molecular complexity index is 843. The summed E-state index contributed by atoms with van der Waals surface area (Å²) in [5.74, 6) is -7.77. The molecular formula is C18H18N2O8. The fraction of sp³-hybridized carbons (Fsp3) is 0.333. The molecule has 2 amide bonds. The number of hydrogen-bond donors (Lipinski definition) is 4. The highest BCUT2D eigenvalue weighted by Gasteiger charge is 2.59. The number of amides is 2. The lowest BCUT2D eigenvalue weighted by Gasteiger charge is -2.38. The van der Waals surface area contributed by atoms with Crippen LogP contribution in [0.5, 0.6) is 0 Å². The smallest absolute Gasteiger partial charge is 0.258 e. The van der Waals surface area contributed by atoms with E-state index in [9.17, 15) is 29.4 Å². The van der Waals surface area contributed by atoms with Crippen LogP contribution in [0.1, 0.15) is 24.4 Å². The highest BCUT2D eigenvalue weighted by Crippen LogP contribution is 2.43. The monoisotopic (exact) mass is 390 g/mol. The molecule has 10 nitrogen and oxygen atoms in total. The van der Waals surface area contributed by atoms with Crippen molar-refractivity contribution in [2.75, 3.05) is 0 Å².